The molecule has 0 saturated carbocycles. The van der Waals surface area contributed by atoms with Gasteiger partial charge in [-0.25, -0.2) is 12.8 Å². The molecule has 0 atom stereocenters. The van der Waals surface area contributed by atoms with Gasteiger partial charge in [-0.05, 0) is 46.6 Å². The summed E-state index contributed by atoms with van der Waals surface area (Å²) in [5, 5.41) is 0. The topological polar surface area (TPSA) is 72.2 Å². The molecular formula is C13H12BrFN2O2S. The third-order valence-corrected chi connectivity index (χ3v) is 5.21. The second kappa shape index (κ2) is 5.41. The van der Waals surface area contributed by atoms with E-state index in [1.54, 1.807) is 12.1 Å². The van der Waals surface area contributed by atoms with E-state index < -0.39 is 21.5 Å². The fraction of sp³-hybridized carbons (Fsp3) is 0.0769. The minimum absolute atomic E-state index is 0.286. The van der Waals surface area contributed by atoms with Crippen molar-refractivity contribution in [1.29, 1.82) is 0 Å². The van der Waals surface area contributed by atoms with Crippen LogP contribution in [0.5, 0.6) is 0 Å². The van der Waals surface area contributed by atoms with Gasteiger partial charge in [0.25, 0.3) is 10.0 Å². The highest BCUT2D eigenvalue weighted by atomic mass is 79.9. The van der Waals surface area contributed by atoms with E-state index in [-0.39, 0.29) is 4.90 Å². The van der Waals surface area contributed by atoms with Crippen molar-refractivity contribution in [3.63, 3.8) is 0 Å². The van der Waals surface area contributed by atoms with Crippen molar-refractivity contribution in [2.24, 2.45) is 0 Å². The van der Waals surface area contributed by atoms with Gasteiger partial charge in [-0.3, -0.25) is 4.72 Å². The molecular weight excluding hydrogens is 347 g/mol. The summed E-state index contributed by atoms with van der Waals surface area (Å²) in [5.41, 5.74) is 6.33. The van der Waals surface area contributed by atoms with Crippen molar-refractivity contribution >= 4 is 37.3 Å². The number of hydrogen-bond acceptors (Lipinski definition) is 3. The van der Waals surface area contributed by atoms with Gasteiger partial charge in [0.1, 0.15) is 10.7 Å². The summed E-state index contributed by atoms with van der Waals surface area (Å²) >= 11 is 3.31. The fourth-order valence-corrected chi connectivity index (χ4v) is 3.39. The maximum atomic E-state index is 13.4. The van der Waals surface area contributed by atoms with Crippen molar-refractivity contribution in [1.82, 2.24) is 0 Å². The minimum Gasteiger partial charge on any atom is -0.395 e. The first-order chi connectivity index (χ1) is 9.33. The number of nitrogens with one attached hydrogen (secondary N) is 1. The molecule has 0 spiro atoms. The lowest BCUT2D eigenvalue weighted by Gasteiger charge is -2.12. The Balaban J connectivity index is 2.47. The van der Waals surface area contributed by atoms with Crippen molar-refractivity contribution in [3.8, 4) is 0 Å². The maximum Gasteiger partial charge on any atom is 0.264 e. The second-order valence-electron chi connectivity index (χ2n) is 4.19. The summed E-state index contributed by atoms with van der Waals surface area (Å²) < 4.78 is 40.9. The molecule has 0 radical (unpaired) electrons. The standard InChI is InChI=1S/C13H12BrFN2O2S/c1-8-4-2-6-10(12(8)14)17-20(18,19)11-7-3-5-9(15)13(11)16/h2-7,17H,16H2,1H3. The van der Waals surface area contributed by atoms with E-state index >= 15 is 0 Å². The second-order valence-corrected chi connectivity index (χ2v) is 6.64. The number of para-hydroxylation sites is 1. The highest BCUT2D eigenvalue weighted by Gasteiger charge is 2.20. The monoisotopic (exact) mass is 358 g/mol. The van der Waals surface area contributed by atoms with E-state index in [9.17, 15) is 12.8 Å². The molecule has 2 aromatic carbocycles. The van der Waals surface area contributed by atoms with Crippen LogP contribution in [0.25, 0.3) is 0 Å². The Labute approximate surface area is 125 Å². The Kier molecular flexibility index (Phi) is 4.01. The van der Waals surface area contributed by atoms with E-state index in [4.69, 9.17) is 5.73 Å². The van der Waals surface area contributed by atoms with E-state index in [1.165, 1.54) is 12.1 Å². The van der Waals surface area contributed by atoms with Crippen molar-refractivity contribution in [3.05, 3.63) is 52.3 Å². The van der Waals surface area contributed by atoms with E-state index in [2.05, 4.69) is 20.7 Å². The molecule has 20 heavy (non-hydrogen) atoms. The van der Waals surface area contributed by atoms with Gasteiger partial charge < -0.3 is 5.73 Å². The molecule has 7 heteroatoms. The lowest BCUT2D eigenvalue weighted by molar-refractivity contribution is 0.597. The van der Waals surface area contributed by atoms with Crippen LogP contribution in [0.4, 0.5) is 15.8 Å². The van der Waals surface area contributed by atoms with Crippen molar-refractivity contribution in [2.75, 3.05) is 10.5 Å². The molecule has 4 nitrogen and oxygen atoms in total. The molecule has 0 aliphatic carbocycles. The average Bonchev–Trinajstić information content (AvgIpc) is 2.38. The Morgan fingerprint density at radius 3 is 2.55 bits per heavy atom. The zero-order valence-electron chi connectivity index (χ0n) is 10.5. The van der Waals surface area contributed by atoms with E-state index in [0.717, 1.165) is 11.6 Å². The molecule has 0 aliphatic heterocycles. The molecule has 0 amide bonds. The van der Waals surface area contributed by atoms with E-state index in [0.29, 0.717) is 10.2 Å². The van der Waals surface area contributed by atoms with Crippen LogP contribution < -0.4 is 10.5 Å². The van der Waals surface area contributed by atoms with Crippen LogP contribution in [0.15, 0.2) is 45.8 Å². The Morgan fingerprint density at radius 2 is 1.85 bits per heavy atom. The number of nitrogen functional groups attached to an aromatic ring is 1. The van der Waals surface area contributed by atoms with Crippen LogP contribution in [0.1, 0.15) is 5.56 Å². The first-order valence-electron chi connectivity index (χ1n) is 5.65. The van der Waals surface area contributed by atoms with Crippen LogP contribution in [0.2, 0.25) is 0 Å². The lowest BCUT2D eigenvalue weighted by Crippen LogP contribution is -2.16. The number of nitrogens with two attached hydrogens (primary N) is 1. The third kappa shape index (κ3) is 2.78. The summed E-state index contributed by atoms with van der Waals surface area (Å²) in [4.78, 5) is -0.286. The smallest absolute Gasteiger partial charge is 0.264 e. The third-order valence-electron chi connectivity index (χ3n) is 2.74. The summed E-state index contributed by atoms with van der Waals surface area (Å²) in [6.45, 7) is 1.83. The van der Waals surface area contributed by atoms with Crippen LogP contribution in [0, 0.1) is 12.7 Å². The van der Waals surface area contributed by atoms with Crippen LogP contribution in [-0.4, -0.2) is 8.42 Å². The van der Waals surface area contributed by atoms with Gasteiger partial charge in [0.05, 0.1) is 11.4 Å². The minimum atomic E-state index is -3.95. The molecule has 0 bridgehead atoms. The Bertz CT molecular complexity index is 763. The first-order valence-corrected chi connectivity index (χ1v) is 7.92. The molecule has 0 aromatic heterocycles. The summed E-state index contributed by atoms with van der Waals surface area (Å²) in [7, 11) is -3.95. The number of benzene rings is 2. The molecule has 2 rings (SSSR count). The molecule has 0 saturated heterocycles. The van der Waals surface area contributed by atoms with Crippen LogP contribution >= 0.6 is 15.9 Å². The summed E-state index contributed by atoms with van der Waals surface area (Å²) in [6, 6.07) is 8.81. The molecule has 0 aliphatic rings. The quantitative estimate of drug-likeness (QED) is 0.827. The zero-order valence-corrected chi connectivity index (χ0v) is 12.9. The SMILES string of the molecule is Cc1cccc(NS(=O)(=O)c2cccc(F)c2N)c1Br. The number of hydrogen-bond donors (Lipinski definition) is 2. The number of halogens is 2. The highest BCUT2D eigenvalue weighted by molar-refractivity contribution is 9.10. The molecule has 0 heterocycles. The van der Waals surface area contributed by atoms with Crippen molar-refractivity contribution in [2.45, 2.75) is 11.8 Å². The summed E-state index contributed by atoms with van der Waals surface area (Å²) in [5.74, 6) is -0.767. The van der Waals surface area contributed by atoms with Gasteiger partial charge in [0.2, 0.25) is 0 Å². The number of anilines is 2. The van der Waals surface area contributed by atoms with E-state index in [1.807, 2.05) is 13.0 Å². The molecule has 0 fully saturated rings. The number of sulfonamides is 1. The number of rotatable bonds is 3. The van der Waals surface area contributed by atoms with Gasteiger partial charge in [0, 0.05) is 4.47 Å². The maximum absolute atomic E-state index is 13.4. The van der Waals surface area contributed by atoms with Gasteiger partial charge in [-0.1, -0.05) is 18.2 Å². The van der Waals surface area contributed by atoms with Crippen LogP contribution in [0.3, 0.4) is 0 Å². The van der Waals surface area contributed by atoms with Gasteiger partial charge in [-0.15, -0.1) is 0 Å². The van der Waals surface area contributed by atoms with Gasteiger partial charge >= 0.3 is 0 Å². The summed E-state index contributed by atoms with van der Waals surface area (Å²) in [6.07, 6.45) is 0. The van der Waals surface area contributed by atoms with Crippen molar-refractivity contribution < 1.29 is 12.8 Å². The lowest BCUT2D eigenvalue weighted by atomic mass is 10.2. The Morgan fingerprint density at radius 1 is 1.20 bits per heavy atom. The predicted octanol–water partition coefficient (Wildman–Crippen LogP) is 3.28. The highest BCUT2D eigenvalue weighted by Crippen LogP contribution is 2.29. The molecule has 106 valence electrons. The molecule has 0 unspecified atom stereocenters. The van der Waals surface area contributed by atoms with Gasteiger partial charge in [0.15, 0.2) is 0 Å². The fourth-order valence-electron chi connectivity index (χ4n) is 1.68. The normalized spacial score (nSPS) is 11.3. The molecule has 2 aromatic rings. The van der Waals surface area contributed by atoms with Crippen LogP contribution in [-0.2, 0) is 10.0 Å². The van der Waals surface area contributed by atoms with Gasteiger partial charge in [-0.2, -0.15) is 0 Å². The predicted molar refractivity (Wildman–Crippen MR) is 80.5 cm³/mol. The zero-order chi connectivity index (χ0) is 14.9. The largest absolute Gasteiger partial charge is 0.395 e. The first kappa shape index (κ1) is 14.8. The average molecular weight is 359 g/mol. The number of aryl methyl sites for hydroxylation is 1. The Hall–Kier alpha value is -1.60. The molecule has 3 N–H and O–H groups in total.